The van der Waals surface area contributed by atoms with E-state index in [4.69, 9.17) is 4.74 Å². The minimum Gasteiger partial charge on any atom is -0.385 e. The van der Waals surface area contributed by atoms with Gasteiger partial charge in [-0.15, -0.1) is 0 Å². The van der Waals surface area contributed by atoms with E-state index in [9.17, 15) is 0 Å². The Balaban J connectivity index is 1.74. The second-order valence-corrected chi connectivity index (χ2v) is 4.72. The van der Waals surface area contributed by atoms with Gasteiger partial charge in [0, 0.05) is 52.7 Å². The van der Waals surface area contributed by atoms with Crippen molar-refractivity contribution in [2.45, 2.75) is 12.8 Å². The van der Waals surface area contributed by atoms with Crippen molar-refractivity contribution in [3.05, 3.63) is 36.3 Å². The monoisotopic (exact) mass is 289 g/mol. The smallest absolute Gasteiger partial charge is 0.190 e. The summed E-state index contributed by atoms with van der Waals surface area (Å²) >= 11 is 0. The predicted octanol–water partition coefficient (Wildman–Crippen LogP) is 1.08. The second-order valence-electron chi connectivity index (χ2n) is 4.72. The molecule has 0 spiro atoms. The van der Waals surface area contributed by atoms with Gasteiger partial charge in [-0.3, -0.25) is 4.99 Å². The van der Waals surface area contributed by atoms with E-state index in [1.807, 2.05) is 28.8 Å². The van der Waals surface area contributed by atoms with E-state index in [0.29, 0.717) is 0 Å². The Morgan fingerprint density at radius 1 is 1.33 bits per heavy atom. The van der Waals surface area contributed by atoms with E-state index in [2.05, 4.69) is 26.8 Å². The highest BCUT2D eigenvalue weighted by Gasteiger charge is 2.01. The van der Waals surface area contributed by atoms with Gasteiger partial charge in [0.25, 0.3) is 0 Å². The first kappa shape index (κ1) is 15.3. The van der Waals surface area contributed by atoms with Crippen LogP contribution in [0.1, 0.15) is 12.1 Å². The zero-order valence-corrected chi connectivity index (χ0v) is 12.7. The van der Waals surface area contributed by atoms with E-state index in [0.717, 1.165) is 49.8 Å². The maximum absolute atomic E-state index is 5.01. The van der Waals surface area contributed by atoms with Crippen LogP contribution in [-0.2, 0) is 11.2 Å². The fraction of sp³-hybridized carbons (Fsp3) is 0.467. The van der Waals surface area contributed by atoms with E-state index in [1.54, 1.807) is 14.2 Å². The lowest BCUT2D eigenvalue weighted by Crippen LogP contribution is -2.39. The fourth-order valence-corrected chi connectivity index (χ4v) is 2.06. The lowest BCUT2D eigenvalue weighted by atomic mass is 10.3. The van der Waals surface area contributed by atoms with Crippen molar-refractivity contribution in [2.24, 2.45) is 4.99 Å². The Morgan fingerprint density at radius 2 is 2.19 bits per heavy atom. The number of nitrogens with zero attached hydrogens (tertiary/aromatic N) is 3. The van der Waals surface area contributed by atoms with Gasteiger partial charge in [-0.1, -0.05) is 6.07 Å². The van der Waals surface area contributed by atoms with Crippen LogP contribution in [0.15, 0.2) is 35.6 Å². The number of aliphatic imine (C=N–C) groups is 1. The van der Waals surface area contributed by atoms with E-state index >= 15 is 0 Å². The van der Waals surface area contributed by atoms with E-state index < -0.39 is 0 Å². The Kier molecular flexibility index (Phi) is 6.02. The van der Waals surface area contributed by atoms with Crippen LogP contribution in [0.5, 0.6) is 0 Å². The summed E-state index contributed by atoms with van der Waals surface area (Å²) in [6.45, 7) is 2.40. The first-order valence-corrected chi connectivity index (χ1v) is 7.19. The summed E-state index contributed by atoms with van der Waals surface area (Å²) < 4.78 is 7.05. The first-order chi connectivity index (χ1) is 10.3. The molecule has 6 nitrogen and oxygen atoms in total. The molecule has 0 fully saturated rings. The van der Waals surface area contributed by atoms with Crippen LogP contribution < -0.4 is 10.6 Å². The third-order valence-electron chi connectivity index (χ3n) is 3.13. The first-order valence-electron chi connectivity index (χ1n) is 7.19. The van der Waals surface area contributed by atoms with Gasteiger partial charge < -0.3 is 19.8 Å². The van der Waals surface area contributed by atoms with Gasteiger partial charge >= 0.3 is 0 Å². The number of methoxy groups -OCH3 is 1. The number of hydrogen-bond donors (Lipinski definition) is 2. The summed E-state index contributed by atoms with van der Waals surface area (Å²) in [6, 6.07) is 6.01. The average Bonchev–Trinajstić information content (AvgIpc) is 2.92. The molecule has 6 heteroatoms. The number of guanidine groups is 1. The lowest BCUT2D eigenvalue weighted by Gasteiger charge is -2.10. The van der Waals surface area contributed by atoms with Crippen LogP contribution in [-0.4, -0.2) is 49.2 Å². The number of rotatable bonds is 7. The molecule has 21 heavy (non-hydrogen) atoms. The summed E-state index contributed by atoms with van der Waals surface area (Å²) in [6.07, 6.45) is 5.89. The zero-order chi connectivity index (χ0) is 14.9. The van der Waals surface area contributed by atoms with Crippen molar-refractivity contribution in [3.8, 4) is 0 Å². The maximum Gasteiger partial charge on any atom is 0.190 e. The number of nitrogens with one attached hydrogen (secondary N) is 2. The van der Waals surface area contributed by atoms with Gasteiger partial charge in [0.05, 0.1) is 5.69 Å². The molecular formula is C15H23N5O. The lowest BCUT2D eigenvalue weighted by molar-refractivity contribution is 0.195. The van der Waals surface area contributed by atoms with Crippen LogP contribution in [0.4, 0.5) is 0 Å². The number of hydrogen-bond acceptors (Lipinski definition) is 3. The molecule has 2 aromatic heterocycles. The molecule has 0 aliphatic heterocycles. The van der Waals surface area contributed by atoms with Crippen molar-refractivity contribution in [1.82, 2.24) is 20.0 Å². The standard InChI is InChI=1S/C15H23N5O/c1-16-15(17-8-5-11-21-2)18-9-7-13-12-20-10-4-3-6-14(20)19-13/h3-4,6,10,12H,5,7-9,11H2,1-2H3,(H2,16,17,18). The number of aromatic nitrogens is 2. The molecule has 0 aliphatic rings. The van der Waals surface area contributed by atoms with Gasteiger partial charge in [-0.2, -0.15) is 0 Å². The molecule has 2 heterocycles. The number of ether oxygens (including phenoxy) is 1. The fourth-order valence-electron chi connectivity index (χ4n) is 2.06. The van der Waals surface area contributed by atoms with E-state index in [-0.39, 0.29) is 0 Å². The van der Waals surface area contributed by atoms with Crippen LogP contribution in [0.2, 0.25) is 0 Å². The van der Waals surface area contributed by atoms with Crippen molar-refractivity contribution < 1.29 is 4.74 Å². The highest BCUT2D eigenvalue weighted by Crippen LogP contribution is 2.04. The Bertz CT molecular complexity index is 545. The molecule has 2 aromatic rings. The molecule has 0 bridgehead atoms. The van der Waals surface area contributed by atoms with Gasteiger partial charge in [0.1, 0.15) is 5.65 Å². The molecule has 0 saturated heterocycles. The molecule has 114 valence electrons. The van der Waals surface area contributed by atoms with Crippen molar-refractivity contribution in [1.29, 1.82) is 0 Å². The van der Waals surface area contributed by atoms with Crippen molar-refractivity contribution >= 4 is 11.6 Å². The average molecular weight is 289 g/mol. The highest BCUT2D eigenvalue weighted by molar-refractivity contribution is 5.79. The second kappa shape index (κ2) is 8.26. The molecule has 0 aliphatic carbocycles. The third kappa shape index (κ3) is 4.75. The maximum atomic E-state index is 5.01. The minimum atomic E-state index is 0.755. The molecule has 2 N–H and O–H groups in total. The van der Waals surface area contributed by atoms with Crippen LogP contribution >= 0.6 is 0 Å². The van der Waals surface area contributed by atoms with Gasteiger partial charge in [-0.25, -0.2) is 4.98 Å². The largest absolute Gasteiger partial charge is 0.385 e. The third-order valence-corrected chi connectivity index (χ3v) is 3.13. The number of pyridine rings is 1. The number of fused-ring (bicyclic) bond motifs is 1. The zero-order valence-electron chi connectivity index (χ0n) is 12.7. The number of imidazole rings is 1. The van der Waals surface area contributed by atoms with Gasteiger partial charge in [0.2, 0.25) is 0 Å². The molecule has 0 amide bonds. The van der Waals surface area contributed by atoms with Crippen LogP contribution in [0.25, 0.3) is 5.65 Å². The van der Waals surface area contributed by atoms with Crippen LogP contribution in [0, 0.1) is 0 Å². The highest BCUT2D eigenvalue weighted by atomic mass is 16.5. The normalized spacial score (nSPS) is 11.8. The van der Waals surface area contributed by atoms with Crippen LogP contribution in [0.3, 0.4) is 0 Å². The SMILES string of the molecule is CN=C(NCCCOC)NCCc1cn2ccccc2n1. The minimum absolute atomic E-state index is 0.755. The Labute approximate surface area is 125 Å². The molecule has 0 atom stereocenters. The van der Waals surface area contributed by atoms with Gasteiger partial charge in [0.15, 0.2) is 5.96 Å². The molecular weight excluding hydrogens is 266 g/mol. The molecule has 0 radical (unpaired) electrons. The quantitative estimate of drug-likeness (QED) is 0.455. The summed E-state index contributed by atoms with van der Waals surface area (Å²) in [7, 11) is 3.48. The van der Waals surface area contributed by atoms with Crippen molar-refractivity contribution in [2.75, 3.05) is 33.9 Å². The molecule has 0 saturated carbocycles. The Hall–Kier alpha value is -2.08. The topological polar surface area (TPSA) is 63.0 Å². The summed E-state index contributed by atoms with van der Waals surface area (Å²) in [5.74, 6) is 0.815. The summed E-state index contributed by atoms with van der Waals surface area (Å²) in [5.41, 5.74) is 2.05. The summed E-state index contributed by atoms with van der Waals surface area (Å²) in [5, 5.41) is 6.54. The molecule has 0 unspecified atom stereocenters. The van der Waals surface area contributed by atoms with Crippen molar-refractivity contribution in [3.63, 3.8) is 0 Å². The van der Waals surface area contributed by atoms with E-state index in [1.165, 1.54) is 0 Å². The molecule has 0 aromatic carbocycles. The predicted molar refractivity (Wildman–Crippen MR) is 84.8 cm³/mol. The summed E-state index contributed by atoms with van der Waals surface area (Å²) in [4.78, 5) is 8.76. The Morgan fingerprint density at radius 3 is 2.95 bits per heavy atom. The molecule has 2 rings (SSSR count). The van der Waals surface area contributed by atoms with Gasteiger partial charge in [-0.05, 0) is 18.6 Å².